The van der Waals surface area contributed by atoms with E-state index in [9.17, 15) is 9.59 Å². The number of carbonyl (C=O) groups is 2. The summed E-state index contributed by atoms with van der Waals surface area (Å²) in [5, 5.41) is 9.83. The molecule has 0 saturated carbocycles. The van der Waals surface area contributed by atoms with Gasteiger partial charge in [0.1, 0.15) is 11.6 Å². The number of aromatic nitrogens is 2. The van der Waals surface area contributed by atoms with Crippen LogP contribution in [-0.2, 0) is 0 Å². The Morgan fingerprint density at radius 2 is 0.951 bits per heavy atom. The summed E-state index contributed by atoms with van der Waals surface area (Å²) in [7, 11) is 0. The molecule has 3 aromatic carbocycles. The lowest BCUT2D eigenvalue weighted by atomic mass is 10.3. The summed E-state index contributed by atoms with van der Waals surface area (Å²) in [6.45, 7) is 0. The number of rotatable bonds is 5. The number of nitrogens with one attached hydrogen (secondary N) is 3. The summed E-state index contributed by atoms with van der Waals surface area (Å²) in [5.41, 5.74) is 1.85. The molecule has 11 heteroatoms. The molecule has 0 spiro atoms. The lowest BCUT2D eigenvalue weighted by Crippen LogP contribution is -2.32. The van der Waals surface area contributed by atoms with Gasteiger partial charge in [-0.2, -0.15) is 0 Å². The molecule has 0 unspecified atom stereocenters. The molecular weight excluding hydrogens is 583 g/mol. The van der Waals surface area contributed by atoms with Gasteiger partial charge in [0.05, 0.1) is 0 Å². The third-order valence-corrected chi connectivity index (χ3v) is 5.91. The maximum Gasteiger partial charge on any atom is 0.333 e. The summed E-state index contributed by atoms with van der Waals surface area (Å²) in [6.07, 6.45) is 3.25. The number of carbonyl (C=O) groups excluding carboxylic acids is 2. The fraction of sp³-hybridized carbons (Fsp3) is 0. The van der Waals surface area contributed by atoms with E-state index in [2.05, 4.69) is 25.9 Å². The summed E-state index contributed by atoms with van der Waals surface area (Å²) in [6, 6.07) is 30.7. The Bertz CT molecular complexity index is 1520. The van der Waals surface area contributed by atoms with E-state index >= 15 is 0 Å². The van der Waals surface area contributed by atoms with Crippen LogP contribution in [0.3, 0.4) is 0 Å². The number of benzene rings is 3. The SMILES string of the molecule is O=C(Nc1cccc(Cl)c1)N(c1ccccn1)c1ccccn1.O=C(Nc1cccc(Cl)c1)Nc1cccc(Cl)c1. The predicted molar refractivity (Wildman–Crippen MR) is 167 cm³/mol. The van der Waals surface area contributed by atoms with Gasteiger partial charge in [-0.1, -0.05) is 65.1 Å². The van der Waals surface area contributed by atoms with E-state index in [0.29, 0.717) is 43.8 Å². The van der Waals surface area contributed by atoms with Gasteiger partial charge < -0.3 is 16.0 Å². The summed E-state index contributed by atoms with van der Waals surface area (Å²) < 4.78 is 0. The topological polar surface area (TPSA) is 99.2 Å². The lowest BCUT2D eigenvalue weighted by molar-refractivity contribution is 0.258. The first-order chi connectivity index (χ1) is 19.9. The van der Waals surface area contributed by atoms with E-state index in [4.69, 9.17) is 34.8 Å². The fourth-order valence-corrected chi connectivity index (χ4v) is 4.04. The van der Waals surface area contributed by atoms with Crippen molar-refractivity contribution in [3.05, 3.63) is 137 Å². The van der Waals surface area contributed by atoms with Gasteiger partial charge in [-0.05, 0) is 78.9 Å². The molecule has 0 bridgehead atoms. The van der Waals surface area contributed by atoms with Crippen LogP contribution in [0, 0.1) is 0 Å². The zero-order valence-electron chi connectivity index (χ0n) is 21.3. The van der Waals surface area contributed by atoms with Crippen LogP contribution in [0.5, 0.6) is 0 Å². The zero-order chi connectivity index (χ0) is 29.0. The number of pyridine rings is 2. The van der Waals surface area contributed by atoms with Crippen LogP contribution in [0.15, 0.2) is 122 Å². The van der Waals surface area contributed by atoms with E-state index in [1.807, 2.05) is 12.1 Å². The Labute approximate surface area is 251 Å². The molecule has 8 nitrogen and oxygen atoms in total. The molecule has 4 amide bonds. The van der Waals surface area contributed by atoms with Gasteiger partial charge in [-0.25, -0.2) is 24.5 Å². The van der Waals surface area contributed by atoms with Crippen molar-refractivity contribution >= 4 is 75.6 Å². The molecule has 0 atom stereocenters. The van der Waals surface area contributed by atoms with Crippen molar-refractivity contribution in [3.8, 4) is 0 Å². The minimum atomic E-state index is -0.371. The molecule has 0 aliphatic carbocycles. The first kappa shape index (κ1) is 29.4. The van der Waals surface area contributed by atoms with Crippen LogP contribution in [0.25, 0.3) is 0 Å². The molecule has 2 aromatic heterocycles. The zero-order valence-corrected chi connectivity index (χ0v) is 23.6. The van der Waals surface area contributed by atoms with Crippen LogP contribution in [0.1, 0.15) is 0 Å². The Balaban J connectivity index is 0.000000195. The van der Waals surface area contributed by atoms with Gasteiger partial charge in [0, 0.05) is 44.5 Å². The summed E-state index contributed by atoms with van der Waals surface area (Å²) in [4.78, 5) is 34.3. The number of urea groups is 2. The van der Waals surface area contributed by atoms with E-state index in [0.717, 1.165) is 0 Å². The van der Waals surface area contributed by atoms with Crippen LogP contribution in [-0.4, -0.2) is 22.0 Å². The number of halogens is 3. The highest BCUT2D eigenvalue weighted by atomic mass is 35.5. The average molecular weight is 606 g/mol. The van der Waals surface area contributed by atoms with Crippen LogP contribution >= 0.6 is 34.8 Å². The largest absolute Gasteiger partial charge is 0.333 e. The highest BCUT2D eigenvalue weighted by Gasteiger charge is 2.20. The van der Waals surface area contributed by atoms with Gasteiger partial charge in [-0.3, -0.25) is 0 Å². The van der Waals surface area contributed by atoms with Crippen LogP contribution < -0.4 is 20.9 Å². The molecular formula is C30H23Cl3N6O2. The molecule has 41 heavy (non-hydrogen) atoms. The monoisotopic (exact) mass is 604 g/mol. The smallest absolute Gasteiger partial charge is 0.308 e. The molecule has 5 rings (SSSR count). The second kappa shape index (κ2) is 14.7. The Kier molecular flexibility index (Phi) is 10.5. The minimum Gasteiger partial charge on any atom is -0.308 e. The van der Waals surface area contributed by atoms with Crippen molar-refractivity contribution in [2.75, 3.05) is 20.9 Å². The fourth-order valence-electron chi connectivity index (χ4n) is 3.47. The van der Waals surface area contributed by atoms with Crippen molar-refractivity contribution in [1.82, 2.24) is 9.97 Å². The second-order valence-electron chi connectivity index (χ2n) is 8.25. The van der Waals surface area contributed by atoms with Gasteiger partial charge in [0.2, 0.25) is 0 Å². The third kappa shape index (κ3) is 9.22. The second-order valence-corrected chi connectivity index (χ2v) is 9.56. The van der Waals surface area contributed by atoms with Gasteiger partial charge >= 0.3 is 12.1 Å². The molecule has 0 saturated heterocycles. The number of hydrogen-bond donors (Lipinski definition) is 3. The highest BCUT2D eigenvalue weighted by Crippen LogP contribution is 2.23. The van der Waals surface area contributed by atoms with E-state index in [1.165, 1.54) is 4.90 Å². The quantitative estimate of drug-likeness (QED) is 0.186. The number of amides is 4. The first-order valence-corrected chi connectivity index (χ1v) is 13.3. The highest BCUT2D eigenvalue weighted by molar-refractivity contribution is 6.31. The van der Waals surface area contributed by atoms with Crippen LogP contribution in [0.2, 0.25) is 15.1 Å². The molecule has 5 aromatic rings. The molecule has 0 aliphatic rings. The Morgan fingerprint density at radius 3 is 1.32 bits per heavy atom. The molecule has 3 N–H and O–H groups in total. The Hall–Kier alpha value is -4.63. The maximum atomic E-state index is 12.7. The normalized spacial score (nSPS) is 10.0. The summed E-state index contributed by atoms with van der Waals surface area (Å²) >= 11 is 17.6. The van der Waals surface area contributed by atoms with Gasteiger partial charge in [0.25, 0.3) is 0 Å². The number of anilines is 5. The molecule has 2 heterocycles. The molecule has 0 aliphatic heterocycles. The first-order valence-electron chi connectivity index (χ1n) is 12.2. The Morgan fingerprint density at radius 1 is 0.537 bits per heavy atom. The van der Waals surface area contributed by atoms with Crippen molar-refractivity contribution in [3.63, 3.8) is 0 Å². The van der Waals surface area contributed by atoms with Crippen molar-refractivity contribution in [1.29, 1.82) is 0 Å². The third-order valence-electron chi connectivity index (χ3n) is 5.20. The van der Waals surface area contributed by atoms with Crippen molar-refractivity contribution in [2.24, 2.45) is 0 Å². The van der Waals surface area contributed by atoms with Crippen molar-refractivity contribution < 1.29 is 9.59 Å². The summed E-state index contributed by atoms with van der Waals surface area (Å²) in [5.74, 6) is 0.955. The molecule has 0 radical (unpaired) electrons. The van der Waals surface area contributed by atoms with E-state index in [-0.39, 0.29) is 12.1 Å². The van der Waals surface area contributed by atoms with Gasteiger partial charge in [-0.15, -0.1) is 0 Å². The van der Waals surface area contributed by atoms with Crippen LogP contribution in [0.4, 0.5) is 38.3 Å². The standard InChI is InChI=1S/C17H13ClN4O.C13H10Cl2N2O/c18-13-6-5-7-14(12-13)21-17(23)22(15-8-1-3-10-19-15)16-9-2-4-11-20-16;14-9-3-1-5-11(7-9)16-13(18)17-12-6-2-4-10(15)8-12/h1-12H,(H,21,23);1-8H,(H2,16,17,18). The van der Waals surface area contributed by atoms with Crippen molar-refractivity contribution in [2.45, 2.75) is 0 Å². The maximum absolute atomic E-state index is 12.7. The average Bonchev–Trinajstić information content (AvgIpc) is 2.95. The molecule has 206 valence electrons. The van der Waals surface area contributed by atoms with E-state index < -0.39 is 0 Å². The number of nitrogens with zero attached hydrogens (tertiary/aromatic N) is 3. The van der Waals surface area contributed by atoms with Gasteiger partial charge in [0.15, 0.2) is 0 Å². The lowest BCUT2D eigenvalue weighted by Gasteiger charge is -2.21. The molecule has 0 fully saturated rings. The number of hydrogen-bond acceptors (Lipinski definition) is 4. The van der Waals surface area contributed by atoms with E-state index in [1.54, 1.807) is 109 Å². The predicted octanol–water partition coefficient (Wildman–Crippen LogP) is 9.14. The minimum absolute atomic E-state index is 0.348.